The van der Waals surface area contributed by atoms with E-state index in [2.05, 4.69) is 12.1 Å². The second-order valence-electron chi connectivity index (χ2n) is 5.95. The van der Waals surface area contributed by atoms with Crippen molar-refractivity contribution in [2.24, 2.45) is 5.73 Å². The van der Waals surface area contributed by atoms with Gasteiger partial charge >= 0.3 is 0 Å². The summed E-state index contributed by atoms with van der Waals surface area (Å²) in [6, 6.07) is 18.4. The highest BCUT2D eigenvalue weighted by Crippen LogP contribution is 2.22. The van der Waals surface area contributed by atoms with E-state index in [0.717, 1.165) is 30.7 Å². The van der Waals surface area contributed by atoms with Gasteiger partial charge in [0.05, 0.1) is 0 Å². The lowest BCUT2D eigenvalue weighted by atomic mass is 10.0. The molecule has 1 saturated heterocycles. The van der Waals surface area contributed by atoms with E-state index in [1.54, 1.807) is 11.8 Å². The molecule has 3 nitrogen and oxygen atoms in total. The van der Waals surface area contributed by atoms with E-state index in [4.69, 9.17) is 5.73 Å². The van der Waals surface area contributed by atoms with Crippen LogP contribution in [-0.2, 0) is 5.75 Å². The van der Waals surface area contributed by atoms with Gasteiger partial charge in [0.1, 0.15) is 0 Å². The normalized spacial score (nSPS) is 18.0. The number of amides is 1. The topological polar surface area (TPSA) is 46.3 Å². The van der Waals surface area contributed by atoms with E-state index in [-0.39, 0.29) is 11.9 Å². The molecule has 4 heteroatoms. The van der Waals surface area contributed by atoms with Crippen LogP contribution in [0.15, 0.2) is 59.5 Å². The molecule has 2 N–H and O–H groups in total. The molecule has 23 heavy (non-hydrogen) atoms. The van der Waals surface area contributed by atoms with Crippen molar-refractivity contribution < 1.29 is 4.79 Å². The maximum absolute atomic E-state index is 12.5. The van der Waals surface area contributed by atoms with Crippen LogP contribution in [-0.4, -0.2) is 29.9 Å². The van der Waals surface area contributed by atoms with Crippen LogP contribution in [0.5, 0.6) is 0 Å². The summed E-state index contributed by atoms with van der Waals surface area (Å²) in [6.07, 6.45) is 2.01. The molecule has 0 radical (unpaired) electrons. The Morgan fingerprint density at radius 1 is 1.13 bits per heavy atom. The summed E-state index contributed by atoms with van der Waals surface area (Å²) in [5.41, 5.74) is 7.95. The zero-order chi connectivity index (χ0) is 16.1. The lowest BCUT2D eigenvalue weighted by molar-refractivity contribution is 0.0709. The molecule has 1 unspecified atom stereocenters. The monoisotopic (exact) mass is 326 g/mol. The van der Waals surface area contributed by atoms with E-state index in [9.17, 15) is 4.79 Å². The molecular weight excluding hydrogens is 304 g/mol. The fourth-order valence-corrected chi connectivity index (χ4v) is 3.68. The Morgan fingerprint density at radius 3 is 2.57 bits per heavy atom. The first-order chi connectivity index (χ1) is 11.2. The highest BCUT2D eigenvalue weighted by molar-refractivity contribution is 7.98. The van der Waals surface area contributed by atoms with Gasteiger partial charge in [-0.1, -0.05) is 30.3 Å². The van der Waals surface area contributed by atoms with Crippen molar-refractivity contribution in [3.63, 3.8) is 0 Å². The minimum Gasteiger partial charge on any atom is -0.337 e. The molecule has 1 atom stereocenters. The van der Waals surface area contributed by atoms with E-state index in [0.29, 0.717) is 6.54 Å². The van der Waals surface area contributed by atoms with Gasteiger partial charge in [-0.3, -0.25) is 4.79 Å². The molecule has 3 rings (SSSR count). The number of nitrogens with zero attached hydrogens (tertiary/aromatic N) is 1. The third-order valence-corrected chi connectivity index (χ3v) is 5.18. The molecule has 0 spiro atoms. The zero-order valence-corrected chi connectivity index (χ0v) is 14.0. The SMILES string of the molecule is NC1CCCN(C(=O)c2ccc(CSc3ccccc3)cc2)C1. The quantitative estimate of drug-likeness (QED) is 0.874. The number of rotatable bonds is 4. The highest BCUT2D eigenvalue weighted by Gasteiger charge is 2.22. The molecule has 1 fully saturated rings. The van der Waals surface area contributed by atoms with Gasteiger partial charge in [0, 0.05) is 35.3 Å². The Hall–Kier alpha value is -1.78. The third-order valence-electron chi connectivity index (χ3n) is 4.09. The summed E-state index contributed by atoms with van der Waals surface area (Å²) < 4.78 is 0. The van der Waals surface area contributed by atoms with Gasteiger partial charge in [0.15, 0.2) is 0 Å². The second kappa shape index (κ2) is 7.66. The molecule has 1 heterocycles. The Balaban J connectivity index is 1.59. The van der Waals surface area contributed by atoms with Gasteiger partial charge in [-0.05, 0) is 42.7 Å². The first kappa shape index (κ1) is 16.1. The van der Waals surface area contributed by atoms with Crippen molar-refractivity contribution in [1.82, 2.24) is 4.90 Å². The number of hydrogen-bond acceptors (Lipinski definition) is 3. The van der Waals surface area contributed by atoms with Crippen LogP contribution in [0, 0.1) is 0 Å². The van der Waals surface area contributed by atoms with Crippen molar-refractivity contribution in [2.75, 3.05) is 13.1 Å². The first-order valence-corrected chi connectivity index (χ1v) is 9.02. The van der Waals surface area contributed by atoms with Gasteiger partial charge in [-0.15, -0.1) is 11.8 Å². The molecule has 1 aliphatic heterocycles. The predicted molar refractivity (Wildman–Crippen MR) is 95.6 cm³/mol. The average Bonchev–Trinajstić information content (AvgIpc) is 2.61. The largest absolute Gasteiger partial charge is 0.337 e. The van der Waals surface area contributed by atoms with Crippen molar-refractivity contribution >= 4 is 17.7 Å². The fourth-order valence-electron chi connectivity index (χ4n) is 2.80. The second-order valence-corrected chi connectivity index (χ2v) is 7.00. The lowest BCUT2D eigenvalue weighted by Crippen LogP contribution is -2.45. The van der Waals surface area contributed by atoms with Crippen LogP contribution in [0.4, 0.5) is 0 Å². The Morgan fingerprint density at radius 2 is 1.87 bits per heavy atom. The van der Waals surface area contributed by atoms with Crippen LogP contribution < -0.4 is 5.73 Å². The number of carbonyl (C=O) groups excluding carboxylic acids is 1. The number of piperidine rings is 1. The van der Waals surface area contributed by atoms with Gasteiger partial charge < -0.3 is 10.6 Å². The van der Waals surface area contributed by atoms with Crippen LogP contribution in [0.25, 0.3) is 0 Å². The van der Waals surface area contributed by atoms with Gasteiger partial charge in [0.2, 0.25) is 0 Å². The van der Waals surface area contributed by atoms with Crippen molar-refractivity contribution in [1.29, 1.82) is 0 Å². The Labute approximate surface area is 141 Å². The molecule has 120 valence electrons. The lowest BCUT2D eigenvalue weighted by Gasteiger charge is -2.30. The minimum atomic E-state index is 0.0995. The number of thioether (sulfide) groups is 1. The number of nitrogens with two attached hydrogens (primary N) is 1. The molecule has 0 aromatic heterocycles. The summed E-state index contributed by atoms with van der Waals surface area (Å²) in [6.45, 7) is 1.49. The Kier molecular flexibility index (Phi) is 5.36. The minimum absolute atomic E-state index is 0.0995. The summed E-state index contributed by atoms with van der Waals surface area (Å²) in [5, 5.41) is 0. The van der Waals surface area contributed by atoms with Gasteiger partial charge in [-0.2, -0.15) is 0 Å². The summed E-state index contributed by atoms with van der Waals surface area (Å²) in [5.74, 6) is 1.01. The van der Waals surface area contributed by atoms with Crippen LogP contribution in [0.2, 0.25) is 0 Å². The summed E-state index contributed by atoms with van der Waals surface area (Å²) in [7, 11) is 0. The molecule has 0 saturated carbocycles. The Bertz CT molecular complexity index is 642. The standard InChI is InChI=1S/C19H22N2OS/c20-17-5-4-12-21(13-17)19(22)16-10-8-15(9-11-16)14-23-18-6-2-1-3-7-18/h1-3,6-11,17H,4-5,12-14,20H2. The smallest absolute Gasteiger partial charge is 0.253 e. The zero-order valence-electron chi connectivity index (χ0n) is 13.2. The first-order valence-electron chi connectivity index (χ1n) is 8.04. The molecule has 1 aliphatic rings. The van der Waals surface area contributed by atoms with Crippen LogP contribution in [0.1, 0.15) is 28.8 Å². The molecule has 2 aromatic rings. The van der Waals surface area contributed by atoms with Gasteiger partial charge in [-0.25, -0.2) is 0 Å². The van der Waals surface area contributed by atoms with Crippen LogP contribution in [0.3, 0.4) is 0 Å². The maximum Gasteiger partial charge on any atom is 0.253 e. The number of hydrogen-bond donors (Lipinski definition) is 1. The third kappa shape index (κ3) is 4.36. The predicted octanol–water partition coefficient (Wildman–Crippen LogP) is 3.54. The van der Waals surface area contributed by atoms with Crippen molar-refractivity contribution in [2.45, 2.75) is 29.5 Å². The molecule has 0 bridgehead atoms. The van der Waals surface area contributed by atoms with Gasteiger partial charge in [0.25, 0.3) is 5.91 Å². The average molecular weight is 326 g/mol. The summed E-state index contributed by atoms with van der Waals surface area (Å²) in [4.78, 5) is 15.6. The van der Waals surface area contributed by atoms with E-state index in [1.807, 2.05) is 47.4 Å². The van der Waals surface area contributed by atoms with E-state index < -0.39 is 0 Å². The molecular formula is C19H22N2OS. The number of benzene rings is 2. The van der Waals surface area contributed by atoms with Crippen molar-refractivity contribution in [3.05, 3.63) is 65.7 Å². The van der Waals surface area contributed by atoms with Crippen LogP contribution >= 0.6 is 11.8 Å². The molecule has 0 aliphatic carbocycles. The highest BCUT2D eigenvalue weighted by atomic mass is 32.2. The van der Waals surface area contributed by atoms with E-state index in [1.165, 1.54) is 10.5 Å². The summed E-state index contributed by atoms with van der Waals surface area (Å²) >= 11 is 1.80. The van der Waals surface area contributed by atoms with Crippen molar-refractivity contribution in [3.8, 4) is 0 Å². The maximum atomic E-state index is 12.5. The number of likely N-dealkylation sites (tertiary alicyclic amines) is 1. The molecule has 1 amide bonds. The number of carbonyl (C=O) groups is 1. The van der Waals surface area contributed by atoms with E-state index >= 15 is 0 Å². The molecule has 2 aromatic carbocycles. The fraction of sp³-hybridized carbons (Fsp3) is 0.316.